The van der Waals surface area contributed by atoms with Crippen LogP contribution in [0.4, 0.5) is 5.69 Å². The van der Waals surface area contributed by atoms with E-state index in [0.29, 0.717) is 11.3 Å². The molecule has 1 aromatic heterocycles. The molecule has 0 aliphatic carbocycles. The van der Waals surface area contributed by atoms with E-state index < -0.39 is 0 Å². The average Bonchev–Trinajstić information content (AvgIpc) is 2.88. The molecule has 1 N–H and O–H groups in total. The predicted molar refractivity (Wildman–Crippen MR) is 92.7 cm³/mol. The first kappa shape index (κ1) is 16.2. The highest BCUT2D eigenvalue weighted by molar-refractivity contribution is 6.11. The number of hydrogen-bond donors (Lipinski definition) is 1. The maximum absolute atomic E-state index is 12.8. The summed E-state index contributed by atoms with van der Waals surface area (Å²) in [6.07, 6.45) is 2.74. The van der Waals surface area contributed by atoms with E-state index in [0.717, 1.165) is 12.1 Å². The molecule has 2 atom stereocenters. The minimum Gasteiger partial charge on any atom is -0.354 e. The third-order valence-corrected chi connectivity index (χ3v) is 4.35. The Bertz CT molecular complexity index is 745. The van der Waals surface area contributed by atoms with Crippen molar-refractivity contribution in [2.75, 3.05) is 4.90 Å². The summed E-state index contributed by atoms with van der Waals surface area (Å²) < 4.78 is 0. The van der Waals surface area contributed by atoms with Crippen molar-refractivity contribution in [2.45, 2.75) is 38.8 Å². The molecule has 0 radical (unpaired) electrons. The molecular formula is C19H21N3O2. The number of nitrogens with one attached hydrogen (secondary N) is 1. The van der Waals surface area contributed by atoms with Crippen LogP contribution in [0.3, 0.4) is 0 Å². The zero-order valence-corrected chi connectivity index (χ0v) is 13.9. The SMILES string of the molecule is CC[C@H](C)NC(=O)C[C@@H]1c2ncccc2C(=O)N1c1ccccc1. The second kappa shape index (κ2) is 6.83. The second-order valence-electron chi connectivity index (χ2n) is 6.04. The molecule has 0 saturated carbocycles. The van der Waals surface area contributed by atoms with Crippen molar-refractivity contribution >= 4 is 17.5 Å². The molecular weight excluding hydrogens is 302 g/mol. The van der Waals surface area contributed by atoms with Crippen LogP contribution in [0.15, 0.2) is 48.7 Å². The molecule has 3 rings (SSSR count). The van der Waals surface area contributed by atoms with Gasteiger partial charge < -0.3 is 5.32 Å². The minimum absolute atomic E-state index is 0.0680. The summed E-state index contributed by atoms with van der Waals surface area (Å²) in [5.41, 5.74) is 2.02. The number of carbonyl (C=O) groups is 2. The highest BCUT2D eigenvalue weighted by Crippen LogP contribution is 2.38. The van der Waals surface area contributed by atoms with Gasteiger partial charge in [0.2, 0.25) is 5.91 Å². The fourth-order valence-electron chi connectivity index (χ4n) is 2.94. The molecule has 1 aliphatic rings. The second-order valence-corrected chi connectivity index (χ2v) is 6.04. The number of carbonyl (C=O) groups excluding carboxylic acids is 2. The van der Waals surface area contributed by atoms with Crippen molar-refractivity contribution in [3.8, 4) is 0 Å². The smallest absolute Gasteiger partial charge is 0.260 e. The van der Waals surface area contributed by atoms with Gasteiger partial charge in [-0.1, -0.05) is 25.1 Å². The van der Waals surface area contributed by atoms with Gasteiger partial charge in [-0.25, -0.2) is 0 Å². The maximum Gasteiger partial charge on any atom is 0.260 e. The highest BCUT2D eigenvalue weighted by Gasteiger charge is 2.39. The van der Waals surface area contributed by atoms with Crippen molar-refractivity contribution in [2.24, 2.45) is 0 Å². The van der Waals surface area contributed by atoms with Gasteiger partial charge >= 0.3 is 0 Å². The van der Waals surface area contributed by atoms with E-state index in [9.17, 15) is 9.59 Å². The normalized spacial score (nSPS) is 17.5. The van der Waals surface area contributed by atoms with Crippen LogP contribution in [-0.2, 0) is 4.79 Å². The van der Waals surface area contributed by atoms with Crippen LogP contribution in [0.25, 0.3) is 0 Å². The first-order valence-corrected chi connectivity index (χ1v) is 8.24. The number of aromatic nitrogens is 1. The first-order chi connectivity index (χ1) is 11.6. The Balaban J connectivity index is 1.93. The van der Waals surface area contributed by atoms with Gasteiger partial charge in [0.15, 0.2) is 0 Å². The number of para-hydroxylation sites is 1. The third kappa shape index (κ3) is 3.02. The molecule has 1 aliphatic heterocycles. The van der Waals surface area contributed by atoms with Crippen LogP contribution in [-0.4, -0.2) is 22.8 Å². The quantitative estimate of drug-likeness (QED) is 0.920. The number of nitrogens with zero attached hydrogens (tertiary/aromatic N) is 2. The van der Waals surface area contributed by atoms with E-state index >= 15 is 0 Å². The van der Waals surface area contributed by atoms with Crippen molar-refractivity contribution in [3.63, 3.8) is 0 Å². The standard InChI is InChI=1S/C19H21N3O2/c1-3-13(2)21-17(23)12-16-18-15(10-7-11-20-18)19(24)22(16)14-8-5-4-6-9-14/h4-11,13,16H,3,12H2,1-2H3,(H,21,23)/t13-,16+/m0/s1. The summed E-state index contributed by atoms with van der Waals surface area (Å²) in [6, 6.07) is 12.7. The Morgan fingerprint density at radius 1 is 1.25 bits per heavy atom. The molecule has 0 spiro atoms. The lowest BCUT2D eigenvalue weighted by Gasteiger charge is -2.25. The molecule has 24 heavy (non-hydrogen) atoms. The zero-order valence-electron chi connectivity index (χ0n) is 13.9. The Hall–Kier alpha value is -2.69. The van der Waals surface area contributed by atoms with Crippen LogP contribution >= 0.6 is 0 Å². The predicted octanol–water partition coefficient (Wildman–Crippen LogP) is 3.09. The fraction of sp³-hybridized carbons (Fsp3) is 0.316. The lowest BCUT2D eigenvalue weighted by atomic mass is 10.1. The van der Waals surface area contributed by atoms with E-state index in [4.69, 9.17) is 0 Å². The van der Waals surface area contributed by atoms with Crippen molar-refractivity contribution in [1.82, 2.24) is 10.3 Å². The Labute approximate surface area is 141 Å². The molecule has 0 bridgehead atoms. The number of benzene rings is 1. The lowest BCUT2D eigenvalue weighted by molar-refractivity contribution is -0.122. The van der Waals surface area contributed by atoms with E-state index in [1.165, 1.54) is 0 Å². The molecule has 0 unspecified atom stereocenters. The molecule has 5 nitrogen and oxygen atoms in total. The molecule has 2 heterocycles. The Kier molecular flexibility index (Phi) is 4.60. The molecule has 2 aromatic rings. The third-order valence-electron chi connectivity index (χ3n) is 4.35. The fourth-order valence-corrected chi connectivity index (χ4v) is 2.94. The summed E-state index contributed by atoms with van der Waals surface area (Å²) >= 11 is 0. The summed E-state index contributed by atoms with van der Waals surface area (Å²) in [6.45, 7) is 4.00. The number of rotatable bonds is 5. The Morgan fingerprint density at radius 3 is 2.71 bits per heavy atom. The largest absolute Gasteiger partial charge is 0.354 e. The number of fused-ring (bicyclic) bond motifs is 1. The van der Waals surface area contributed by atoms with Crippen LogP contribution in [0.5, 0.6) is 0 Å². The topological polar surface area (TPSA) is 62.3 Å². The monoisotopic (exact) mass is 323 g/mol. The van der Waals surface area contributed by atoms with Gasteiger partial charge in [-0.05, 0) is 37.6 Å². The first-order valence-electron chi connectivity index (χ1n) is 8.24. The van der Waals surface area contributed by atoms with E-state index in [1.54, 1.807) is 23.2 Å². The van der Waals surface area contributed by atoms with Crippen molar-refractivity contribution < 1.29 is 9.59 Å². The zero-order chi connectivity index (χ0) is 17.1. The minimum atomic E-state index is -0.375. The Morgan fingerprint density at radius 2 is 2.00 bits per heavy atom. The van der Waals surface area contributed by atoms with Gasteiger partial charge in [-0.2, -0.15) is 0 Å². The summed E-state index contributed by atoms with van der Waals surface area (Å²) in [5.74, 6) is -0.174. The van der Waals surface area contributed by atoms with E-state index in [-0.39, 0.29) is 30.3 Å². The van der Waals surface area contributed by atoms with Gasteiger partial charge in [0.25, 0.3) is 5.91 Å². The van der Waals surface area contributed by atoms with Crippen LogP contribution in [0.1, 0.15) is 48.8 Å². The van der Waals surface area contributed by atoms with Gasteiger partial charge in [-0.3, -0.25) is 19.5 Å². The van der Waals surface area contributed by atoms with Crippen LogP contribution in [0, 0.1) is 0 Å². The number of anilines is 1. The van der Waals surface area contributed by atoms with Gasteiger partial charge in [0, 0.05) is 17.9 Å². The lowest BCUT2D eigenvalue weighted by Crippen LogP contribution is -2.36. The molecule has 1 aromatic carbocycles. The highest BCUT2D eigenvalue weighted by atomic mass is 16.2. The molecule has 0 fully saturated rings. The molecule has 2 amide bonds. The van der Waals surface area contributed by atoms with E-state index in [1.807, 2.05) is 44.2 Å². The van der Waals surface area contributed by atoms with Gasteiger partial charge in [-0.15, -0.1) is 0 Å². The number of hydrogen-bond acceptors (Lipinski definition) is 3. The summed E-state index contributed by atoms with van der Waals surface area (Å²) in [4.78, 5) is 31.3. The molecule has 124 valence electrons. The van der Waals surface area contributed by atoms with Gasteiger partial charge in [0.05, 0.1) is 23.7 Å². The van der Waals surface area contributed by atoms with Crippen LogP contribution < -0.4 is 10.2 Å². The van der Waals surface area contributed by atoms with Crippen molar-refractivity contribution in [3.05, 3.63) is 59.9 Å². The average molecular weight is 323 g/mol. The molecule has 5 heteroatoms. The maximum atomic E-state index is 12.8. The van der Waals surface area contributed by atoms with Crippen molar-refractivity contribution in [1.29, 1.82) is 0 Å². The number of amides is 2. The van der Waals surface area contributed by atoms with Gasteiger partial charge in [0.1, 0.15) is 0 Å². The molecule has 0 saturated heterocycles. The van der Waals surface area contributed by atoms with Crippen LogP contribution in [0.2, 0.25) is 0 Å². The van der Waals surface area contributed by atoms with E-state index in [2.05, 4.69) is 10.3 Å². The summed E-state index contributed by atoms with van der Waals surface area (Å²) in [5, 5.41) is 2.97. The summed E-state index contributed by atoms with van der Waals surface area (Å²) in [7, 11) is 0. The number of pyridine rings is 1.